The second-order valence-corrected chi connectivity index (χ2v) is 7.30. The molecule has 132 valence electrons. The molecule has 0 radical (unpaired) electrons. The summed E-state index contributed by atoms with van der Waals surface area (Å²) >= 11 is 4.19. The zero-order valence-electron chi connectivity index (χ0n) is 13.2. The predicted molar refractivity (Wildman–Crippen MR) is 96.3 cm³/mol. The number of hydrogen-bond donors (Lipinski definition) is 0. The van der Waals surface area contributed by atoms with Gasteiger partial charge in [0.1, 0.15) is 4.47 Å². The van der Waals surface area contributed by atoms with Crippen LogP contribution in [0.3, 0.4) is 0 Å². The number of aryl methyl sites for hydroxylation is 1. The Morgan fingerprint density at radius 3 is 2.60 bits per heavy atom. The van der Waals surface area contributed by atoms with Gasteiger partial charge in [-0.25, -0.2) is 4.68 Å². The third-order valence-electron chi connectivity index (χ3n) is 3.95. The molecule has 2 aromatic rings. The summed E-state index contributed by atoms with van der Waals surface area (Å²) in [4.78, 5) is 38.7. The molecule has 0 bridgehead atoms. The maximum atomic E-state index is 12.5. The topological polar surface area (TPSA) is 102 Å². The Bertz CT molecular complexity index is 888. The lowest BCUT2D eigenvalue weighted by atomic mass is 10.2. The van der Waals surface area contributed by atoms with Gasteiger partial charge in [0.15, 0.2) is 0 Å². The van der Waals surface area contributed by atoms with Gasteiger partial charge in [-0.2, -0.15) is 5.10 Å². The molecule has 2 aromatic heterocycles. The average Bonchev–Trinajstić information content (AvgIpc) is 3.10. The van der Waals surface area contributed by atoms with Crippen molar-refractivity contribution in [2.75, 3.05) is 31.1 Å². The van der Waals surface area contributed by atoms with E-state index in [-0.39, 0.29) is 16.5 Å². The largest absolute Gasteiger partial charge is 0.366 e. The number of anilines is 1. The first kappa shape index (κ1) is 17.5. The van der Waals surface area contributed by atoms with Crippen molar-refractivity contribution in [2.24, 2.45) is 7.05 Å². The van der Waals surface area contributed by atoms with Crippen LogP contribution in [0.25, 0.3) is 0 Å². The number of carbonyl (C=O) groups is 1. The van der Waals surface area contributed by atoms with Crippen molar-refractivity contribution >= 4 is 43.9 Å². The van der Waals surface area contributed by atoms with Crippen LogP contribution < -0.4 is 10.5 Å². The van der Waals surface area contributed by atoms with E-state index in [0.717, 1.165) is 11.3 Å². The third-order valence-corrected chi connectivity index (χ3v) is 5.72. The van der Waals surface area contributed by atoms with Gasteiger partial charge in [0, 0.05) is 39.3 Å². The molecule has 3 rings (SSSR count). The standard InChI is InChI=1S/C14H14BrN5O4S/c1-17-14(22)12(15)9(8-16-17)18-4-6-19(7-5-18)13(21)10-2-3-11(25-10)20(23)24/h2-3,8H,4-7H2,1H3. The lowest BCUT2D eigenvalue weighted by Crippen LogP contribution is -2.49. The summed E-state index contributed by atoms with van der Waals surface area (Å²) in [6.45, 7) is 2.03. The first-order valence-corrected chi connectivity index (χ1v) is 8.99. The molecule has 1 fully saturated rings. The third kappa shape index (κ3) is 3.42. The van der Waals surface area contributed by atoms with E-state index in [2.05, 4.69) is 21.0 Å². The van der Waals surface area contributed by atoms with Crippen LogP contribution in [0.4, 0.5) is 10.7 Å². The van der Waals surface area contributed by atoms with E-state index in [4.69, 9.17) is 0 Å². The number of hydrogen-bond acceptors (Lipinski definition) is 7. The molecule has 9 nitrogen and oxygen atoms in total. The number of halogens is 1. The van der Waals surface area contributed by atoms with Crippen molar-refractivity contribution in [3.8, 4) is 0 Å². The van der Waals surface area contributed by atoms with E-state index in [9.17, 15) is 19.7 Å². The summed E-state index contributed by atoms with van der Waals surface area (Å²) in [7, 11) is 1.58. The summed E-state index contributed by atoms with van der Waals surface area (Å²) < 4.78 is 1.69. The number of aromatic nitrogens is 2. The fourth-order valence-electron chi connectivity index (χ4n) is 2.57. The van der Waals surface area contributed by atoms with Gasteiger partial charge >= 0.3 is 5.00 Å². The Morgan fingerprint density at radius 2 is 2.00 bits per heavy atom. The van der Waals surface area contributed by atoms with Gasteiger partial charge in [-0.15, -0.1) is 0 Å². The molecule has 0 unspecified atom stereocenters. The van der Waals surface area contributed by atoms with Crippen molar-refractivity contribution < 1.29 is 9.72 Å². The number of nitrogens with zero attached hydrogens (tertiary/aromatic N) is 5. The molecule has 11 heteroatoms. The van der Waals surface area contributed by atoms with Crippen LogP contribution in [0, 0.1) is 10.1 Å². The number of piperazine rings is 1. The summed E-state index contributed by atoms with van der Waals surface area (Å²) in [6.07, 6.45) is 1.62. The molecule has 1 amide bonds. The second kappa shape index (κ2) is 6.92. The minimum absolute atomic E-state index is 0.0443. The Balaban J connectivity index is 1.69. The highest BCUT2D eigenvalue weighted by atomic mass is 79.9. The fourth-order valence-corrected chi connectivity index (χ4v) is 3.97. The minimum atomic E-state index is -0.500. The normalized spacial score (nSPS) is 14.6. The number of nitro groups is 1. The highest BCUT2D eigenvalue weighted by molar-refractivity contribution is 9.10. The van der Waals surface area contributed by atoms with Crippen LogP contribution in [0.2, 0.25) is 0 Å². The number of amides is 1. The zero-order chi connectivity index (χ0) is 18.1. The van der Waals surface area contributed by atoms with Crippen LogP contribution >= 0.6 is 27.3 Å². The van der Waals surface area contributed by atoms with Crippen LogP contribution in [-0.2, 0) is 7.05 Å². The van der Waals surface area contributed by atoms with E-state index in [1.165, 1.54) is 16.8 Å². The molecular formula is C14H14BrN5O4S. The molecule has 1 aliphatic heterocycles. The van der Waals surface area contributed by atoms with E-state index in [1.54, 1.807) is 18.1 Å². The lowest BCUT2D eigenvalue weighted by molar-refractivity contribution is -0.380. The highest BCUT2D eigenvalue weighted by Crippen LogP contribution is 2.27. The fraction of sp³-hybridized carbons (Fsp3) is 0.357. The van der Waals surface area contributed by atoms with Crippen molar-refractivity contribution in [1.29, 1.82) is 0 Å². The van der Waals surface area contributed by atoms with Gasteiger partial charge in [0.2, 0.25) is 0 Å². The van der Waals surface area contributed by atoms with Gasteiger partial charge < -0.3 is 9.80 Å². The smallest absolute Gasteiger partial charge is 0.324 e. The lowest BCUT2D eigenvalue weighted by Gasteiger charge is -2.36. The number of carbonyl (C=O) groups excluding carboxylic acids is 1. The van der Waals surface area contributed by atoms with Crippen LogP contribution in [0.15, 0.2) is 27.6 Å². The number of rotatable bonds is 3. The molecule has 1 aliphatic rings. The van der Waals surface area contributed by atoms with E-state index in [1.807, 2.05) is 4.90 Å². The number of thiophene rings is 1. The molecule has 0 aromatic carbocycles. The summed E-state index contributed by atoms with van der Waals surface area (Å²) in [5.41, 5.74) is 0.476. The summed E-state index contributed by atoms with van der Waals surface area (Å²) in [5.74, 6) is -0.209. The monoisotopic (exact) mass is 427 g/mol. The molecular weight excluding hydrogens is 414 g/mol. The van der Waals surface area contributed by atoms with Gasteiger partial charge in [-0.05, 0) is 22.0 Å². The van der Waals surface area contributed by atoms with Crippen LogP contribution in [0.1, 0.15) is 9.67 Å². The molecule has 25 heavy (non-hydrogen) atoms. The molecule has 0 aliphatic carbocycles. The molecule has 0 saturated carbocycles. The van der Waals surface area contributed by atoms with Gasteiger partial charge in [-0.1, -0.05) is 11.3 Å². The second-order valence-electron chi connectivity index (χ2n) is 5.45. The molecule has 0 atom stereocenters. The SMILES string of the molecule is Cn1ncc(N2CCN(C(=O)c3ccc([N+](=O)[O-])s3)CC2)c(Br)c1=O. The van der Waals surface area contributed by atoms with E-state index < -0.39 is 4.92 Å². The highest BCUT2D eigenvalue weighted by Gasteiger charge is 2.26. The van der Waals surface area contributed by atoms with Crippen LogP contribution in [0.5, 0.6) is 0 Å². The van der Waals surface area contributed by atoms with Crippen molar-refractivity contribution in [2.45, 2.75) is 0 Å². The molecule has 1 saturated heterocycles. The Kier molecular flexibility index (Phi) is 4.86. The Labute approximate surface area is 154 Å². The van der Waals surface area contributed by atoms with Crippen LogP contribution in [-0.4, -0.2) is 51.7 Å². The van der Waals surface area contributed by atoms with Crippen molar-refractivity contribution in [1.82, 2.24) is 14.7 Å². The summed E-state index contributed by atoms with van der Waals surface area (Å²) in [6, 6.07) is 2.83. The van der Waals surface area contributed by atoms with E-state index >= 15 is 0 Å². The first-order chi connectivity index (χ1) is 11.9. The van der Waals surface area contributed by atoms with Crippen molar-refractivity contribution in [3.63, 3.8) is 0 Å². The maximum absolute atomic E-state index is 12.5. The minimum Gasteiger partial charge on any atom is -0.366 e. The average molecular weight is 428 g/mol. The zero-order valence-corrected chi connectivity index (χ0v) is 15.6. The molecule has 3 heterocycles. The molecule has 0 spiro atoms. The van der Waals surface area contributed by atoms with Crippen molar-refractivity contribution in [3.05, 3.63) is 48.1 Å². The van der Waals surface area contributed by atoms with E-state index in [0.29, 0.717) is 41.2 Å². The Morgan fingerprint density at radius 1 is 1.32 bits per heavy atom. The molecule has 0 N–H and O–H groups in total. The predicted octanol–water partition coefficient (Wildman–Crippen LogP) is 1.47. The van der Waals surface area contributed by atoms with Gasteiger partial charge in [-0.3, -0.25) is 19.7 Å². The van der Waals surface area contributed by atoms with Gasteiger partial charge in [0.05, 0.1) is 21.7 Å². The maximum Gasteiger partial charge on any atom is 0.324 e. The van der Waals surface area contributed by atoms with Gasteiger partial charge in [0.25, 0.3) is 11.5 Å². The Hall–Kier alpha value is -2.27. The first-order valence-electron chi connectivity index (χ1n) is 7.38. The quantitative estimate of drug-likeness (QED) is 0.542. The summed E-state index contributed by atoms with van der Waals surface area (Å²) in [5, 5.41) is 14.7.